The zero-order valence-corrected chi connectivity index (χ0v) is 6.51. The van der Waals surface area contributed by atoms with Crippen LogP contribution in [0.3, 0.4) is 0 Å². The van der Waals surface area contributed by atoms with Gasteiger partial charge in [-0.1, -0.05) is 16.8 Å². The summed E-state index contributed by atoms with van der Waals surface area (Å²) in [6.45, 7) is 0. The first kappa shape index (κ1) is 7.21. The molecule has 0 saturated heterocycles. The molecule has 5 heteroatoms. The molecule has 0 bridgehead atoms. The molecule has 0 unspecified atom stereocenters. The molecule has 2 N–H and O–H groups in total. The fourth-order valence-electron chi connectivity index (χ4n) is 0.560. The SMILES string of the molecule is CN(C)c1onc(N)c1Cl. The van der Waals surface area contributed by atoms with Gasteiger partial charge in [0.05, 0.1) is 0 Å². The van der Waals surface area contributed by atoms with E-state index in [-0.39, 0.29) is 5.82 Å². The van der Waals surface area contributed by atoms with E-state index in [9.17, 15) is 0 Å². The van der Waals surface area contributed by atoms with Gasteiger partial charge in [-0.15, -0.1) is 0 Å². The van der Waals surface area contributed by atoms with Crippen molar-refractivity contribution in [3.05, 3.63) is 5.02 Å². The van der Waals surface area contributed by atoms with Crippen molar-refractivity contribution in [3.63, 3.8) is 0 Å². The monoisotopic (exact) mass is 161 g/mol. The summed E-state index contributed by atoms with van der Waals surface area (Å²) in [7, 11) is 3.59. The first-order valence-corrected chi connectivity index (χ1v) is 3.08. The van der Waals surface area contributed by atoms with Crippen LogP contribution < -0.4 is 10.6 Å². The van der Waals surface area contributed by atoms with Crippen LogP contribution in [0, 0.1) is 0 Å². The average Bonchev–Trinajstić information content (AvgIpc) is 2.14. The van der Waals surface area contributed by atoms with Gasteiger partial charge in [0.25, 0.3) is 0 Å². The zero-order valence-electron chi connectivity index (χ0n) is 5.76. The minimum absolute atomic E-state index is 0.227. The number of nitrogen functional groups attached to an aromatic ring is 1. The summed E-state index contributed by atoms with van der Waals surface area (Å²) >= 11 is 5.68. The van der Waals surface area contributed by atoms with Crippen LogP contribution in [-0.2, 0) is 0 Å². The summed E-state index contributed by atoms with van der Waals surface area (Å²) < 4.78 is 4.78. The van der Waals surface area contributed by atoms with E-state index in [0.29, 0.717) is 10.9 Å². The lowest BCUT2D eigenvalue weighted by atomic mass is 10.6. The van der Waals surface area contributed by atoms with Gasteiger partial charge in [-0.3, -0.25) is 0 Å². The molecule has 0 aliphatic carbocycles. The quantitative estimate of drug-likeness (QED) is 0.667. The molecule has 0 atom stereocenters. The predicted octanol–water partition coefficient (Wildman–Crippen LogP) is 0.976. The van der Waals surface area contributed by atoms with E-state index >= 15 is 0 Å². The van der Waals surface area contributed by atoms with Gasteiger partial charge in [0.1, 0.15) is 5.02 Å². The third kappa shape index (κ3) is 1.02. The molecular weight excluding hydrogens is 154 g/mol. The Balaban J connectivity index is 3.05. The minimum Gasteiger partial charge on any atom is -0.380 e. The van der Waals surface area contributed by atoms with E-state index < -0.39 is 0 Å². The van der Waals surface area contributed by atoms with Gasteiger partial charge in [-0.05, 0) is 0 Å². The summed E-state index contributed by atoms with van der Waals surface area (Å²) in [5, 5.41) is 3.83. The van der Waals surface area contributed by atoms with Gasteiger partial charge < -0.3 is 15.2 Å². The van der Waals surface area contributed by atoms with Crippen LogP contribution in [0.2, 0.25) is 5.02 Å². The van der Waals surface area contributed by atoms with Crippen molar-refractivity contribution >= 4 is 23.3 Å². The minimum atomic E-state index is 0.227. The van der Waals surface area contributed by atoms with E-state index in [1.165, 1.54) is 0 Å². The van der Waals surface area contributed by atoms with Crippen molar-refractivity contribution in [1.29, 1.82) is 0 Å². The van der Waals surface area contributed by atoms with E-state index in [4.69, 9.17) is 21.9 Å². The molecule has 1 aromatic heterocycles. The molecule has 0 amide bonds. The van der Waals surface area contributed by atoms with Crippen LogP contribution in [0.15, 0.2) is 4.52 Å². The van der Waals surface area contributed by atoms with Crippen LogP contribution in [-0.4, -0.2) is 19.3 Å². The summed E-state index contributed by atoms with van der Waals surface area (Å²) in [6.07, 6.45) is 0. The first-order chi connectivity index (χ1) is 4.63. The summed E-state index contributed by atoms with van der Waals surface area (Å²) in [6, 6.07) is 0. The molecule has 0 radical (unpaired) electrons. The van der Waals surface area contributed by atoms with E-state index in [0.717, 1.165) is 0 Å². The van der Waals surface area contributed by atoms with Crippen molar-refractivity contribution in [3.8, 4) is 0 Å². The van der Waals surface area contributed by atoms with Crippen molar-refractivity contribution in [2.75, 3.05) is 24.7 Å². The lowest BCUT2D eigenvalue weighted by Gasteiger charge is -2.05. The maximum absolute atomic E-state index is 5.68. The predicted molar refractivity (Wildman–Crippen MR) is 40.3 cm³/mol. The highest BCUT2D eigenvalue weighted by molar-refractivity contribution is 6.35. The Labute approximate surface area is 63.5 Å². The van der Waals surface area contributed by atoms with E-state index in [2.05, 4.69) is 5.16 Å². The standard InChI is InChI=1S/C5H8ClN3O/c1-9(2)5-3(6)4(7)8-10-5/h1-2H3,(H2,7,8). The lowest BCUT2D eigenvalue weighted by Crippen LogP contribution is -2.07. The zero-order chi connectivity index (χ0) is 7.72. The number of hydrogen-bond donors (Lipinski definition) is 1. The first-order valence-electron chi connectivity index (χ1n) is 2.71. The number of nitrogens with two attached hydrogens (primary N) is 1. The van der Waals surface area contributed by atoms with Gasteiger partial charge in [0.2, 0.25) is 5.88 Å². The van der Waals surface area contributed by atoms with Crippen molar-refractivity contribution in [2.24, 2.45) is 0 Å². The van der Waals surface area contributed by atoms with Crippen molar-refractivity contribution < 1.29 is 4.52 Å². The smallest absolute Gasteiger partial charge is 0.247 e. The van der Waals surface area contributed by atoms with Gasteiger partial charge >= 0.3 is 0 Å². The van der Waals surface area contributed by atoms with Crippen LogP contribution in [0.5, 0.6) is 0 Å². The van der Waals surface area contributed by atoms with Crippen LogP contribution in [0.25, 0.3) is 0 Å². The highest BCUT2D eigenvalue weighted by Gasteiger charge is 2.11. The Morgan fingerprint density at radius 3 is 2.40 bits per heavy atom. The Morgan fingerprint density at radius 2 is 2.20 bits per heavy atom. The van der Waals surface area contributed by atoms with Gasteiger partial charge in [-0.25, -0.2) is 0 Å². The van der Waals surface area contributed by atoms with E-state index in [1.54, 1.807) is 19.0 Å². The number of rotatable bonds is 1. The molecule has 0 spiro atoms. The molecule has 56 valence electrons. The van der Waals surface area contributed by atoms with Gasteiger partial charge in [-0.2, -0.15) is 0 Å². The number of nitrogens with zero attached hydrogens (tertiary/aromatic N) is 2. The largest absolute Gasteiger partial charge is 0.380 e. The normalized spacial score (nSPS) is 9.90. The number of halogens is 1. The summed E-state index contributed by atoms with van der Waals surface area (Å²) in [5.74, 6) is 0.713. The molecule has 0 saturated carbocycles. The molecule has 10 heavy (non-hydrogen) atoms. The molecular formula is C5H8ClN3O. The topological polar surface area (TPSA) is 55.3 Å². The second-order valence-electron chi connectivity index (χ2n) is 2.08. The summed E-state index contributed by atoms with van der Waals surface area (Å²) in [4.78, 5) is 1.70. The molecule has 1 aromatic rings. The Hall–Kier alpha value is -0.900. The molecule has 0 aliphatic rings. The summed E-state index contributed by atoms with van der Waals surface area (Å²) in [5.41, 5.74) is 5.31. The maximum Gasteiger partial charge on any atom is 0.247 e. The van der Waals surface area contributed by atoms with Crippen molar-refractivity contribution in [2.45, 2.75) is 0 Å². The van der Waals surface area contributed by atoms with Crippen LogP contribution >= 0.6 is 11.6 Å². The number of anilines is 2. The third-order valence-corrected chi connectivity index (χ3v) is 1.40. The lowest BCUT2D eigenvalue weighted by molar-refractivity contribution is 0.427. The second-order valence-corrected chi connectivity index (χ2v) is 2.46. The highest BCUT2D eigenvalue weighted by atomic mass is 35.5. The van der Waals surface area contributed by atoms with Crippen LogP contribution in [0.4, 0.5) is 11.7 Å². The molecule has 0 fully saturated rings. The van der Waals surface area contributed by atoms with Gasteiger partial charge in [0, 0.05) is 14.1 Å². The third-order valence-electron chi connectivity index (χ3n) is 1.05. The van der Waals surface area contributed by atoms with Crippen molar-refractivity contribution in [1.82, 2.24) is 5.16 Å². The number of hydrogen-bond acceptors (Lipinski definition) is 4. The Kier molecular flexibility index (Phi) is 1.72. The molecule has 1 rings (SSSR count). The molecule has 4 nitrogen and oxygen atoms in total. The Bertz CT molecular complexity index is 233. The molecule has 0 aromatic carbocycles. The van der Waals surface area contributed by atoms with E-state index in [1.807, 2.05) is 0 Å². The molecule has 0 aliphatic heterocycles. The Morgan fingerprint density at radius 1 is 1.60 bits per heavy atom. The maximum atomic E-state index is 5.68. The fourth-order valence-corrected chi connectivity index (χ4v) is 0.798. The van der Waals surface area contributed by atoms with Crippen LogP contribution in [0.1, 0.15) is 0 Å². The molecule has 1 heterocycles. The van der Waals surface area contributed by atoms with Gasteiger partial charge in [0.15, 0.2) is 5.82 Å². The second kappa shape index (κ2) is 2.38. The highest BCUT2D eigenvalue weighted by Crippen LogP contribution is 2.28. The fraction of sp³-hybridized carbons (Fsp3) is 0.400. The average molecular weight is 162 g/mol. The number of aromatic nitrogens is 1.